The van der Waals surface area contributed by atoms with Crippen LogP contribution in [0.2, 0.25) is 0 Å². The molecule has 0 saturated carbocycles. The van der Waals surface area contributed by atoms with E-state index < -0.39 is 19.5 Å². The van der Waals surface area contributed by atoms with Gasteiger partial charge in [0.15, 0.2) is 5.78 Å². The van der Waals surface area contributed by atoms with Crippen molar-refractivity contribution in [2.45, 2.75) is 13.8 Å². The minimum atomic E-state index is -4.18. The minimum absolute atomic E-state index is 0.123. The molecule has 13 heavy (non-hydrogen) atoms. The van der Waals surface area contributed by atoms with Gasteiger partial charge in [-0.2, -0.15) is 0 Å². The third kappa shape index (κ3) is 6.90. The standard InChI is InChI=1S/C7H16NO4P/c1-3-8(4-2)5-7(9)6-13(10,11)12/h3-6H2,1-2H3,(H2,10,11,12). The molecule has 0 unspecified atom stereocenters. The summed E-state index contributed by atoms with van der Waals surface area (Å²) in [6.45, 7) is 5.34. The SMILES string of the molecule is CCN(CC)CC(=O)CP(=O)(O)O. The molecule has 0 rings (SSSR count). The predicted molar refractivity (Wildman–Crippen MR) is 49.7 cm³/mol. The average molecular weight is 209 g/mol. The molecule has 0 fully saturated rings. The fourth-order valence-corrected chi connectivity index (χ4v) is 1.54. The first-order valence-electron chi connectivity index (χ1n) is 4.17. The number of nitrogens with zero attached hydrogens (tertiary/aromatic N) is 1. The van der Waals surface area contributed by atoms with E-state index in [1.807, 2.05) is 18.7 Å². The third-order valence-electron chi connectivity index (χ3n) is 1.68. The Bertz CT molecular complexity index is 209. The van der Waals surface area contributed by atoms with Crippen molar-refractivity contribution in [2.75, 3.05) is 25.8 Å². The van der Waals surface area contributed by atoms with Gasteiger partial charge in [0.05, 0.1) is 6.54 Å². The summed E-state index contributed by atoms with van der Waals surface area (Å²) in [7, 11) is -4.18. The Morgan fingerprint density at radius 1 is 1.31 bits per heavy atom. The van der Waals surface area contributed by atoms with Crippen molar-refractivity contribution in [2.24, 2.45) is 0 Å². The molecular formula is C7H16NO4P. The highest BCUT2D eigenvalue weighted by molar-refractivity contribution is 7.52. The van der Waals surface area contributed by atoms with Crippen molar-refractivity contribution in [1.82, 2.24) is 4.90 Å². The Balaban J connectivity index is 3.94. The molecule has 2 N–H and O–H groups in total. The Kier molecular flexibility index (Phi) is 5.40. The monoisotopic (exact) mass is 209 g/mol. The highest BCUT2D eigenvalue weighted by Crippen LogP contribution is 2.33. The molecule has 78 valence electrons. The van der Waals surface area contributed by atoms with E-state index in [1.165, 1.54) is 0 Å². The number of ketones is 1. The maximum atomic E-state index is 11.1. The van der Waals surface area contributed by atoms with Gasteiger partial charge in [0.25, 0.3) is 0 Å². The molecule has 0 saturated heterocycles. The summed E-state index contributed by atoms with van der Waals surface area (Å²) >= 11 is 0. The zero-order chi connectivity index (χ0) is 10.5. The summed E-state index contributed by atoms with van der Waals surface area (Å²) in [5, 5.41) is 0. The van der Waals surface area contributed by atoms with Crippen LogP contribution in [-0.2, 0) is 9.36 Å². The van der Waals surface area contributed by atoms with E-state index in [0.29, 0.717) is 13.1 Å². The summed E-state index contributed by atoms with van der Waals surface area (Å²) in [5.74, 6) is -0.406. The Morgan fingerprint density at radius 2 is 1.77 bits per heavy atom. The third-order valence-corrected chi connectivity index (χ3v) is 2.44. The van der Waals surface area contributed by atoms with E-state index in [4.69, 9.17) is 9.79 Å². The second-order valence-corrected chi connectivity index (χ2v) is 4.47. The molecule has 0 atom stereocenters. The van der Waals surface area contributed by atoms with Crippen molar-refractivity contribution in [1.29, 1.82) is 0 Å². The van der Waals surface area contributed by atoms with Crippen molar-refractivity contribution in [3.63, 3.8) is 0 Å². The topological polar surface area (TPSA) is 77.8 Å². The Morgan fingerprint density at radius 3 is 2.08 bits per heavy atom. The molecule has 0 aromatic carbocycles. The first kappa shape index (κ1) is 12.8. The molecule has 0 aliphatic carbocycles. The van der Waals surface area contributed by atoms with E-state index in [2.05, 4.69) is 0 Å². The fourth-order valence-electron chi connectivity index (χ4n) is 0.976. The molecule has 6 heteroatoms. The van der Waals surface area contributed by atoms with Crippen LogP contribution in [0, 0.1) is 0 Å². The van der Waals surface area contributed by atoms with Gasteiger partial charge < -0.3 is 9.79 Å². The summed E-state index contributed by atoms with van der Waals surface area (Å²) < 4.78 is 10.5. The average Bonchev–Trinajstić information content (AvgIpc) is 1.96. The van der Waals surface area contributed by atoms with Crippen LogP contribution >= 0.6 is 7.60 Å². The van der Waals surface area contributed by atoms with Gasteiger partial charge >= 0.3 is 7.60 Å². The van der Waals surface area contributed by atoms with Gasteiger partial charge in [-0.05, 0) is 13.1 Å². The summed E-state index contributed by atoms with van der Waals surface area (Å²) in [6.07, 6.45) is -0.649. The van der Waals surface area contributed by atoms with E-state index in [0.717, 1.165) is 0 Å². The molecule has 0 aromatic heterocycles. The maximum Gasteiger partial charge on any atom is 0.332 e. The first-order chi connectivity index (χ1) is 5.89. The van der Waals surface area contributed by atoms with Gasteiger partial charge in [-0.1, -0.05) is 13.8 Å². The van der Waals surface area contributed by atoms with E-state index in [9.17, 15) is 9.36 Å². The van der Waals surface area contributed by atoms with Crippen LogP contribution in [0.3, 0.4) is 0 Å². The van der Waals surface area contributed by atoms with E-state index in [-0.39, 0.29) is 6.54 Å². The van der Waals surface area contributed by atoms with E-state index in [1.54, 1.807) is 0 Å². The second kappa shape index (κ2) is 5.50. The predicted octanol–water partition coefficient (Wildman–Crippen LogP) is 0.0750. The van der Waals surface area contributed by atoms with Gasteiger partial charge in [-0.15, -0.1) is 0 Å². The molecule has 0 spiro atoms. The van der Waals surface area contributed by atoms with Crippen LogP contribution in [-0.4, -0.2) is 46.3 Å². The smallest absolute Gasteiger partial charge is 0.324 e. The Labute approximate surface area is 77.9 Å². The summed E-state index contributed by atoms with van der Waals surface area (Å²) in [6, 6.07) is 0. The number of rotatable bonds is 6. The van der Waals surface area contributed by atoms with Crippen molar-refractivity contribution >= 4 is 13.4 Å². The van der Waals surface area contributed by atoms with Gasteiger partial charge in [-0.3, -0.25) is 14.3 Å². The van der Waals surface area contributed by atoms with Crippen molar-refractivity contribution < 1.29 is 19.1 Å². The maximum absolute atomic E-state index is 11.1. The summed E-state index contributed by atoms with van der Waals surface area (Å²) in [5.41, 5.74) is 0. The normalized spacial score (nSPS) is 12.1. The molecule has 0 aromatic rings. The lowest BCUT2D eigenvalue weighted by molar-refractivity contribution is -0.117. The lowest BCUT2D eigenvalue weighted by Crippen LogP contribution is -2.30. The number of hydrogen-bond acceptors (Lipinski definition) is 3. The molecule has 0 aliphatic rings. The van der Waals surface area contributed by atoms with Gasteiger partial charge in [0.2, 0.25) is 0 Å². The highest BCUT2D eigenvalue weighted by Gasteiger charge is 2.19. The van der Waals surface area contributed by atoms with Crippen LogP contribution in [0.5, 0.6) is 0 Å². The minimum Gasteiger partial charge on any atom is -0.324 e. The van der Waals surface area contributed by atoms with Gasteiger partial charge in [-0.25, -0.2) is 0 Å². The van der Waals surface area contributed by atoms with Crippen LogP contribution in [0.4, 0.5) is 0 Å². The first-order valence-corrected chi connectivity index (χ1v) is 5.97. The van der Waals surface area contributed by atoms with Crippen LogP contribution < -0.4 is 0 Å². The van der Waals surface area contributed by atoms with E-state index >= 15 is 0 Å². The molecule has 0 heterocycles. The number of likely N-dealkylation sites (N-methyl/N-ethyl adjacent to an activating group) is 1. The zero-order valence-corrected chi connectivity index (χ0v) is 8.83. The lowest BCUT2D eigenvalue weighted by atomic mass is 10.4. The van der Waals surface area contributed by atoms with Crippen molar-refractivity contribution in [3.05, 3.63) is 0 Å². The number of Topliss-reactive ketones (excluding diaryl/α,β-unsaturated/α-hetero) is 1. The molecule has 0 radical (unpaired) electrons. The molecular weight excluding hydrogens is 193 g/mol. The molecule has 0 amide bonds. The van der Waals surface area contributed by atoms with Crippen LogP contribution in [0.25, 0.3) is 0 Å². The number of carbonyl (C=O) groups is 1. The lowest BCUT2D eigenvalue weighted by Gasteiger charge is -2.16. The fraction of sp³-hybridized carbons (Fsp3) is 0.857. The Hall–Kier alpha value is -0.220. The zero-order valence-electron chi connectivity index (χ0n) is 7.93. The van der Waals surface area contributed by atoms with Gasteiger partial charge in [0, 0.05) is 0 Å². The quantitative estimate of drug-likeness (QED) is 0.605. The largest absolute Gasteiger partial charge is 0.332 e. The van der Waals surface area contributed by atoms with Gasteiger partial charge in [0.1, 0.15) is 6.16 Å². The van der Waals surface area contributed by atoms with Crippen LogP contribution in [0.1, 0.15) is 13.8 Å². The van der Waals surface area contributed by atoms with Crippen molar-refractivity contribution in [3.8, 4) is 0 Å². The highest BCUT2D eigenvalue weighted by atomic mass is 31.2. The second-order valence-electron chi connectivity index (χ2n) is 2.82. The molecule has 5 nitrogen and oxygen atoms in total. The number of hydrogen-bond donors (Lipinski definition) is 2. The number of carbonyl (C=O) groups excluding carboxylic acids is 1. The molecule has 0 aliphatic heterocycles. The summed E-state index contributed by atoms with van der Waals surface area (Å²) in [4.78, 5) is 29.9. The van der Waals surface area contributed by atoms with Crippen LogP contribution in [0.15, 0.2) is 0 Å². The molecule has 0 bridgehead atoms.